The minimum Gasteiger partial charge on any atom is -0.497 e. The molecule has 0 aliphatic carbocycles. The van der Waals surface area contributed by atoms with Gasteiger partial charge in [-0.1, -0.05) is 19.9 Å². The number of benzene rings is 1. The minimum atomic E-state index is -0.820. The molecule has 1 fully saturated rings. The summed E-state index contributed by atoms with van der Waals surface area (Å²) in [5, 5.41) is 12.2. The predicted octanol–water partition coefficient (Wildman–Crippen LogP) is 1.87. The van der Waals surface area contributed by atoms with Gasteiger partial charge in [-0.3, -0.25) is 9.69 Å². The standard InChI is InChI=1S/C19H28N4O2/c1-15(2)19(3,14-20)21-18(24)13-22-8-10-23(11-9-22)16-6-5-7-17(12-16)25-4/h5-7,12,15H,8-11,13H2,1-4H3,(H,21,24)/t19-/m1/s1. The van der Waals surface area contributed by atoms with Crippen molar-refractivity contribution < 1.29 is 9.53 Å². The quantitative estimate of drug-likeness (QED) is 0.853. The molecular formula is C19H28N4O2. The van der Waals surface area contributed by atoms with Crippen molar-refractivity contribution in [1.29, 1.82) is 5.26 Å². The molecule has 0 saturated carbocycles. The molecular weight excluding hydrogens is 316 g/mol. The van der Waals surface area contributed by atoms with E-state index in [0.717, 1.165) is 37.6 Å². The number of hydrogen-bond acceptors (Lipinski definition) is 5. The maximum Gasteiger partial charge on any atom is 0.235 e. The molecule has 0 bridgehead atoms. The lowest BCUT2D eigenvalue weighted by molar-refractivity contribution is -0.124. The number of rotatable bonds is 6. The summed E-state index contributed by atoms with van der Waals surface area (Å²) in [6, 6.07) is 10.2. The van der Waals surface area contributed by atoms with E-state index in [4.69, 9.17) is 4.74 Å². The number of carbonyl (C=O) groups excluding carboxylic acids is 1. The number of carbonyl (C=O) groups is 1. The van der Waals surface area contributed by atoms with E-state index in [2.05, 4.69) is 27.3 Å². The third-order valence-corrected chi connectivity index (χ3v) is 4.94. The first-order chi connectivity index (χ1) is 11.9. The van der Waals surface area contributed by atoms with Gasteiger partial charge < -0.3 is 15.0 Å². The Kier molecular flexibility index (Phi) is 6.27. The Morgan fingerprint density at radius 2 is 2.04 bits per heavy atom. The van der Waals surface area contributed by atoms with Gasteiger partial charge in [0.05, 0.1) is 19.7 Å². The van der Waals surface area contributed by atoms with Crippen LogP contribution in [-0.2, 0) is 4.79 Å². The second-order valence-electron chi connectivity index (χ2n) is 6.98. The van der Waals surface area contributed by atoms with Crippen LogP contribution in [0, 0.1) is 17.2 Å². The summed E-state index contributed by atoms with van der Waals surface area (Å²) < 4.78 is 5.28. The fraction of sp³-hybridized carbons (Fsp3) is 0.579. The average molecular weight is 344 g/mol. The van der Waals surface area contributed by atoms with Crippen LogP contribution in [0.15, 0.2) is 24.3 Å². The van der Waals surface area contributed by atoms with Crippen LogP contribution in [0.25, 0.3) is 0 Å². The summed E-state index contributed by atoms with van der Waals surface area (Å²) in [6.45, 7) is 9.34. The highest BCUT2D eigenvalue weighted by Gasteiger charge is 2.30. The molecule has 25 heavy (non-hydrogen) atoms. The summed E-state index contributed by atoms with van der Waals surface area (Å²) in [7, 11) is 1.67. The minimum absolute atomic E-state index is 0.0614. The summed E-state index contributed by atoms with van der Waals surface area (Å²) >= 11 is 0. The van der Waals surface area contributed by atoms with Crippen molar-refractivity contribution in [3.63, 3.8) is 0 Å². The highest BCUT2D eigenvalue weighted by atomic mass is 16.5. The zero-order chi connectivity index (χ0) is 18.4. The van der Waals surface area contributed by atoms with Crippen LogP contribution in [0.2, 0.25) is 0 Å². The Hall–Kier alpha value is -2.26. The number of anilines is 1. The fourth-order valence-corrected chi connectivity index (χ4v) is 2.80. The maximum absolute atomic E-state index is 12.3. The number of methoxy groups -OCH3 is 1. The number of nitrogens with one attached hydrogen (secondary N) is 1. The number of nitriles is 1. The van der Waals surface area contributed by atoms with Crippen molar-refractivity contribution in [3.8, 4) is 11.8 Å². The summed E-state index contributed by atoms with van der Waals surface area (Å²) in [4.78, 5) is 16.7. The average Bonchev–Trinajstić information content (AvgIpc) is 2.62. The van der Waals surface area contributed by atoms with E-state index in [1.807, 2.05) is 32.0 Å². The number of nitrogens with zero attached hydrogens (tertiary/aromatic N) is 3. The number of ether oxygens (including phenoxy) is 1. The van der Waals surface area contributed by atoms with Crippen molar-refractivity contribution in [3.05, 3.63) is 24.3 Å². The lowest BCUT2D eigenvalue weighted by atomic mass is 9.90. The fourth-order valence-electron chi connectivity index (χ4n) is 2.80. The molecule has 6 heteroatoms. The van der Waals surface area contributed by atoms with E-state index in [9.17, 15) is 10.1 Å². The Labute approximate surface area is 150 Å². The van der Waals surface area contributed by atoms with Gasteiger partial charge in [0.2, 0.25) is 5.91 Å². The number of piperazine rings is 1. The zero-order valence-electron chi connectivity index (χ0n) is 15.6. The lowest BCUT2D eigenvalue weighted by Gasteiger charge is -2.36. The molecule has 0 spiro atoms. The summed E-state index contributed by atoms with van der Waals surface area (Å²) in [5.74, 6) is 0.822. The van der Waals surface area contributed by atoms with Crippen molar-refractivity contribution in [2.24, 2.45) is 5.92 Å². The SMILES string of the molecule is COc1cccc(N2CCN(CC(=O)N[C@](C)(C#N)C(C)C)CC2)c1. The molecule has 1 atom stereocenters. The van der Waals surface area contributed by atoms with E-state index >= 15 is 0 Å². The zero-order valence-corrected chi connectivity index (χ0v) is 15.6. The molecule has 2 rings (SSSR count). The summed E-state index contributed by atoms with van der Waals surface area (Å²) in [6.07, 6.45) is 0. The van der Waals surface area contributed by atoms with Gasteiger partial charge in [0, 0.05) is 37.9 Å². The predicted molar refractivity (Wildman–Crippen MR) is 98.6 cm³/mol. The van der Waals surface area contributed by atoms with Crippen LogP contribution in [-0.4, -0.2) is 56.2 Å². The van der Waals surface area contributed by atoms with E-state index in [-0.39, 0.29) is 11.8 Å². The van der Waals surface area contributed by atoms with Crippen LogP contribution < -0.4 is 15.0 Å². The molecule has 1 heterocycles. The first-order valence-electron chi connectivity index (χ1n) is 8.71. The molecule has 0 radical (unpaired) electrons. The van der Waals surface area contributed by atoms with E-state index in [0.29, 0.717) is 6.54 Å². The van der Waals surface area contributed by atoms with Gasteiger partial charge in [-0.05, 0) is 25.0 Å². The molecule has 1 saturated heterocycles. The Morgan fingerprint density at radius 3 is 2.60 bits per heavy atom. The highest BCUT2D eigenvalue weighted by Crippen LogP contribution is 2.22. The van der Waals surface area contributed by atoms with Crippen LogP contribution in [0.5, 0.6) is 5.75 Å². The van der Waals surface area contributed by atoms with Crippen molar-refractivity contribution in [2.45, 2.75) is 26.3 Å². The smallest absolute Gasteiger partial charge is 0.235 e. The molecule has 1 aromatic rings. The molecule has 136 valence electrons. The summed E-state index contributed by atoms with van der Waals surface area (Å²) in [5.41, 5.74) is 0.319. The largest absolute Gasteiger partial charge is 0.497 e. The van der Waals surface area contributed by atoms with E-state index in [1.165, 1.54) is 0 Å². The molecule has 1 aliphatic rings. The molecule has 1 aliphatic heterocycles. The van der Waals surface area contributed by atoms with Gasteiger partial charge in [-0.15, -0.1) is 0 Å². The normalized spacial score (nSPS) is 17.7. The van der Waals surface area contributed by atoms with Crippen LogP contribution in [0.3, 0.4) is 0 Å². The van der Waals surface area contributed by atoms with Gasteiger partial charge in [0.1, 0.15) is 11.3 Å². The number of hydrogen-bond donors (Lipinski definition) is 1. The van der Waals surface area contributed by atoms with Crippen molar-refractivity contribution in [2.75, 3.05) is 44.7 Å². The van der Waals surface area contributed by atoms with Crippen LogP contribution in [0.1, 0.15) is 20.8 Å². The van der Waals surface area contributed by atoms with E-state index in [1.54, 1.807) is 14.0 Å². The Morgan fingerprint density at radius 1 is 1.36 bits per heavy atom. The third kappa shape index (κ3) is 4.86. The van der Waals surface area contributed by atoms with Crippen LogP contribution in [0.4, 0.5) is 5.69 Å². The molecule has 1 amide bonds. The van der Waals surface area contributed by atoms with Crippen molar-refractivity contribution in [1.82, 2.24) is 10.2 Å². The monoisotopic (exact) mass is 344 g/mol. The lowest BCUT2D eigenvalue weighted by Crippen LogP contribution is -2.54. The van der Waals surface area contributed by atoms with Gasteiger partial charge in [-0.2, -0.15) is 5.26 Å². The molecule has 6 nitrogen and oxygen atoms in total. The molecule has 0 aromatic heterocycles. The Bertz CT molecular complexity index is 633. The molecule has 1 N–H and O–H groups in total. The maximum atomic E-state index is 12.3. The van der Waals surface area contributed by atoms with Crippen LogP contribution >= 0.6 is 0 Å². The molecule has 1 aromatic carbocycles. The van der Waals surface area contributed by atoms with Gasteiger partial charge in [0.15, 0.2) is 0 Å². The third-order valence-electron chi connectivity index (χ3n) is 4.94. The van der Waals surface area contributed by atoms with Gasteiger partial charge in [0.25, 0.3) is 0 Å². The van der Waals surface area contributed by atoms with Gasteiger partial charge in [-0.25, -0.2) is 0 Å². The first kappa shape index (κ1) is 19.1. The topological polar surface area (TPSA) is 68.6 Å². The number of amides is 1. The second kappa shape index (κ2) is 8.21. The Balaban J connectivity index is 1.86. The van der Waals surface area contributed by atoms with Crippen molar-refractivity contribution >= 4 is 11.6 Å². The highest BCUT2D eigenvalue weighted by molar-refractivity contribution is 5.79. The van der Waals surface area contributed by atoms with E-state index < -0.39 is 5.54 Å². The second-order valence-corrected chi connectivity index (χ2v) is 6.98. The molecule has 0 unspecified atom stereocenters. The van der Waals surface area contributed by atoms with Gasteiger partial charge >= 0.3 is 0 Å². The first-order valence-corrected chi connectivity index (χ1v) is 8.71.